The van der Waals surface area contributed by atoms with Crippen LogP contribution in [0.5, 0.6) is 0 Å². The standard InChI is InChI=1S/C24H29FN6O2.CH4/c1-14-22(24(33)31(29(14)3)18-7-5-4-6-8-18)26-23(32)21-15(2)30(28-27-21)20-12-11-17(25)13-19(20)16-9-10-16;/h11-13,16,18H,4-10H2,1-3H3,(H,26,32);1H4. The van der Waals surface area contributed by atoms with Gasteiger partial charge in [0, 0.05) is 7.05 Å². The molecule has 2 aliphatic carbocycles. The Morgan fingerprint density at radius 3 is 2.47 bits per heavy atom. The molecule has 2 saturated carbocycles. The fourth-order valence-corrected chi connectivity index (χ4v) is 4.99. The van der Waals surface area contributed by atoms with Crippen LogP contribution in [0.15, 0.2) is 23.0 Å². The lowest BCUT2D eigenvalue weighted by molar-refractivity contribution is 0.102. The molecule has 0 spiro atoms. The highest BCUT2D eigenvalue weighted by molar-refractivity contribution is 6.03. The van der Waals surface area contributed by atoms with E-state index in [4.69, 9.17) is 0 Å². The van der Waals surface area contributed by atoms with Gasteiger partial charge in [-0.15, -0.1) is 5.10 Å². The van der Waals surface area contributed by atoms with Crippen molar-refractivity contribution in [3.8, 4) is 5.69 Å². The number of benzene rings is 1. The number of carbonyl (C=O) groups is 1. The van der Waals surface area contributed by atoms with Crippen LogP contribution in [0.3, 0.4) is 0 Å². The van der Waals surface area contributed by atoms with Gasteiger partial charge < -0.3 is 5.32 Å². The molecule has 2 aromatic heterocycles. The van der Waals surface area contributed by atoms with Gasteiger partial charge in [-0.25, -0.2) is 13.8 Å². The van der Waals surface area contributed by atoms with Crippen LogP contribution in [-0.2, 0) is 7.05 Å². The number of hydrogen-bond acceptors (Lipinski definition) is 4. The molecule has 0 bridgehead atoms. The van der Waals surface area contributed by atoms with Gasteiger partial charge in [0.1, 0.15) is 11.5 Å². The minimum atomic E-state index is -0.476. The zero-order valence-corrected chi connectivity index (χ0v) is 19.3. The maximum absolute atomic E-state index is 13.8. The number of nitrogens with one attached hydrogen (secondary N) is 1. The number of halogens is 1. The molecule has 1 N–H and O–H groups in total. The topological polar surface area (TPSA) is 86.7 Å². The van der Waals surface area contributed by atoms with Crippen LogP contribution >= 0.6 is 0 Å². The Bertz CT molecular complexity index is 1280. The quantitative estimate of drug-likeness (QED) is 0.583. The maximum atomic E-state index is 13.8. The van der Waals surface area contributed by atoms with Gasteiger partial charge in [-0.1, -0.05) is 31.9 Å². The Morgan fingerprint density at radius 1 is 1.09 bits per heavy atom. The van der Waals surface area contributed by atoms with Gasteiger partial charge in [-0.3, -0.25) is 14.3 Å². The van der Waals surface area contributed by atoms with Crippen molar-refractivity contribution in [1.82, 2.24) is 24.4 Å². The van der Waals surface area contributed by atoms with Crippen molar-refractivity contribution in [2.75, 3.05) is 5.32 Å². The van der Waals surface area contributed by atoms with E-state index in [0.717, 1.165) is 49.8 Å². The second kappa shape index (κ2) is 9.19. The first-order chi connectivity index (χ1) is 15.9. The van der Waals surface area contributed by atoms with Gasteiger partial charge in [0.15, 0.2) is 5.69 Å². The van der Waals surface area contributed by atoms with Crippen molar-refractivity contribution in [3.63, 3.8) is 0 Å². The molecule has 5 rings (SSSR count). The molecule has 0 unspecified atom stereocenters. The van der Waals surface area contributed by atoms with Crippen LogP contribution in [0.25, 0.3) is 5.69 Å². The fraction of sp³-hybridized carbons (Fsp3) is 0.520. The Balaban J connectivity index is 0.00000274. The Kier molecular flexibility index (Phi) is 6.47. The molecular weight excluding hydrogens is 435 g/mol. The number of aromatic nitrogens is 5. The number of hydrogen-bond donors (Lipinski definition) is 1. The molecule has 34 heavy (non-hydrogen) atoms. The van der Waals surface area contributed by atoms with E-state index in [1.807, 2.05) is 18.7 Å². The molecule has 0 radical (unpaired) electrons. The van der Waals surface area contributed by atoms with E-state index in [1.54, 1.807) is 22.4 Å². The van der Waals surface area contributed by atoms with Gasteiger partial charge >= 0.3 is 0 Å². The summed E-state index contributed by atoms with van der Waals surface area (Å²) >= 11 is 0. The Morgan fingerprint density at radius 2 is 1.79 bits per heavy atom. The predicted molar refractivity (Wildman–Crippen MR) is 129 cm³/mol. The lowest BCUT2D eigenvalue weighted by Gasteiger charge is -2.24. The minimum absolute atomic E-state index is 0. The van der Waals surface area contributed by atoms with Gasteiger partial charge in [0.2, 0.25) is 0 Å². The van der Waals surface area contributed by atoms with Crippen molar-refractivity contribution in [2.45, 2.75) is 78.2 Å². The molecular formula is C25H33FN6O2. The van der Waals surface area contributed by atoms with Crippen LogP contribution < -0.4 is 10.9 Å². The Hall–Kier alpha value is -3.23. The monoisotopic (exact) mass is 468 g/mol. The average molecular weight is 469 g/mol. The summed E-state index contributed by atoms with van der Waals surface area (Å²) in [6.45, 7) is 3.59. The summed E-state index contributed by atoms with van der Waals surface area (Å²) in [4.78, 5) is 26.3. The van der Waals surface area contributed by atoms with Gasteiger partial charge in [0.25, 0.3) is 11.5 Å². The van der Waals surface area contributed by atoms with Crippen molar-refractivity contribution in [3.05, 3.63) is 57.0 Å². The molecule has 3 aromatic rings. The van der Waals surface area contributed by atoms with Crippen LogP contribution in [-0.4, -0.2) is 30.3 Å². The van der Waals surface area contributed by atoms with E-state index in [0.29, 0.717) is 17.3 Å². The van der Waals surface area contributed by atoms with Crippen LogP contribution in [0.2, 0.25) is 0 Å². The number of nitrogens with zero attached hydrogens (tertiary/aromatic N) is 5. The largest absolute Gasteiger partial charge is 0.314 e. The predicted octanol–water partition coefficient (Wildman–Crippen LogP) is 4.79. The first-order valence-corrected chi connectivity index (χ1v) is 11.7. The van der Waals surface area contributed by atoms with E-state index in [1.165, 1.54) is 18.6 Å². The summed E-state index contributed by atoms with van der Waals surface area (Å²) in [6.07, 6.45) is 7.38. The molecule has 182 valence electrons. The van der Waals surface area contributed by atoms with Gasteiger partial charge in [-0.05, 0) is 69.2 Å². The summed E-state index contributed by atoms with van der Waals surface area (Å²) in [7, 11) is 1.86. The van der Waals surface area contributed by atoms with Crippen molar-refractivity contribution >= 4 is 11.6 Å². The normalized spacial score (nSPS) is 16.4. The van der Waals surface area contributed by atoms with E-state index < -0.39 is 5.91 Å². The second-order valence-corrected chi connectivity index (χ2v) is 9.29. The van der Waals surface area contributed by atoms with Crippen LogP contribution in [0, 0.1) is 19.7 Å². The van der Waals surface area contributed by atoms with Crippen molar-refractivity contribution in [1.29, 1.82) is 0 Å². The summed E-state index contributed by atoms with van der Waals surface area (Å²) in [5.41, 5.74) is 3.11. The smallest absolute Gasteiger partial charge is 0.291 e. The zero-order chi connectivity index (χ0) is 23.3. The molecule has 8 nitrogen and oxygen atoms in total. The highest BCUT2D eigenvalue weighted by Crippen LogP contribution is 2.43. The third-order valence-electron chi connectivity index (χ3n) is 7.10. The zero-order valence-electron chi connectivity index (χ0n) is 19.3. The second-order valence-electron chi connectivity index (χ2n) is 9.29. The van der Waals surface area contributed by atoms with E-state index in [9.17, 15) is 14.0 Å². The number of amides is 1. The Labute approximate surface area is 198 Å². The van der Waals surface area contributed by atoms with E-state index in [2.05, 4.69) is 15.6 Å². The molecule has 0 atom stereocenters. The maximum Gasteiger partial charge on any atom is 0.291 e. The first-order valence-electron chi connectivity index (χ1n) is 11.7. The molecule has 2 heterocycles. The molecule has 2 aliphatic rings. The summed E-state index contributed by atoms with van der Waals surface area (Å²) in [5, 5.41) is 11.1. The highest BCUT2D eigenvalue weighted by Gasteiger charge is 2.29. The van der Waals surface area contributed by atoms with Crippen molar-refractivity contribution < 1.29 is 9.18 Å². The van der Waals surface area contributed by atoms with E-state index in [-0.39, 0.29) is 36.2 Å². The molecule has 0 saturated heterocycles. The third kappa shape index (κ3) is 4.08. The summed E-state index contributed by atoms with van der Waals surface area (Å²) in [6, 6.07) is 4.76. The first kappa shape index (κ1) is 23.9. The molecule has 1 aromatic carbocycles. The van der Waals surface area contributed by atoms with Gasteiger partial charge in [-0.2, -0.15) is 0 Å². The SMILES string of the molecule is C.Cc1c(C(=O)Nc2c(C)n(C)n(C3CCCCC3)c2=O)nnn1-c1ccc(F)cc1C1CC1. The van der Waals surface area contributed by atoms with Crippen molar-refractivity contribution in [2.24, 2.45) is 7.05 Å². The van der Waals surface area contributed by atoms with Gasteiger partial charge in [0.05, 0.1) is 23.1 Å². The third-order valence-corrected chi connectivity index (χ3v) is 7.10. The number of anilines is 1. The van der Waals surface area contributed by atoms with E-state index >= 15 is 0 Å². The molecule has 1 amide bonds. The average Bonchev–Trinajstić information content (AvgIpc) is 3.55. The molecule has 0 aliphatic heterocycles. The summed E-state index contributed by atoms with van der Waals surface area (Å²) in [5.74, 6) is -0.456. The summed E-state index contributed by atoms with van der Waals surface area (Å²) < 4.78 is 19.0. The number of rotatable bonds is 5. The molecule has 9 heteroatoms. The lowest BCUT2D eigenvalue weighted by atomic mass is 9.96. The fourth-order valence-electron chi connectivity index (χ4n) is 4.99. The van der Waals surface area contributed by atoms with Crippen LogP contribution in [0.1, 0.15) is 91.8 Å². The minimum Gasteiger partial charge on any atom is -0.314 e. The number of carbonyl (C=O) groups excluding carboxylic acids is 1. The lowest BCUT2D eigenvalue weighted by Crippen LogP contribution is -2.29. The molecule has 2 fully saturated rings. The highest BCUT2D eigenvalue weighted by atomic mass is 19.1. The van der Waals surface area contributed by atoms with Crippen LogP contribution in [0.4, 0.5) is 10.1 Å².